The molecule has 0 saturated carbocycles. The fourth-order valence-electron chi connectivity index (χ4n) is 2.19. The number of aliphatic hydroxyl groups is 1. The van der Waals surface area contributed by atoms with Crippen LogP contribution in [-0.2, 0) is 5.41 Å². The average molecular weight is 232 g/mol. The summed E-state index contributed by atoms with van der Waals surface area (Å²) in [6.07, 6.45) is 5.32. The molecule has 3 nitrogen and oxygen atoms in total. The van der Waals surface area contributed by atoms with E-state index in [1.807, 2.05) is 19.9 Å². The minimum atomic E-state index is -0.348. The van der Waals surface area contributed by atoms with Gasteiger partial charge in [0.2, 0.25) is 0 Å². The smallest absolute Gasteiger partial charge is 0.123 e. The van der Waals surface area contributed by atoms with E-state index in [0.717, 1.165) is 5.56 Å². The van der Waals surface area contributed by atoms with Crippen molar-refractivity contribution >= 4 is 0 Å². The molecule has 0 amide bonds. The third kappa shape index (κ3) is 2.00. The molecule has 3 N–H and O–H groups in total. The van der Waals surface area contributed by atoms with Crippen molar-refractivity contribution in [2.45, 2.75) is 19.3 Å². The van der Waals surface area contributed by atoms with E-state index in [0.29, 0.717) is 0 Å². The summed E-state index contributed by atoms with van der Waals surface area (Å²) >= 11 is 0. The number of phenolic OH excluding ortho intramolecular Hbond substituents is 2. The van der Waals surface area contributed by atoms with Gasteiger partial charge in [-0.05, 0) is 18.2 Å². The van der Waals surface area contributed by atoms with E-state index in [4.69, 9.17) is 0 Å². The number of aromatic hydroxyl groups is 2. The first-order valence-corrected chi connectivity index (χ1v) is 5.52. The summed E-state index contributed by atoms with van der Waals surface area (Å²) in [7, 11) is 0. The van der Waals surface area contributed by atoms with E-state index in [1.54, 1.807) is 24.3 Å². The number of benzene rings is 1. The summed E-state index contributed by atoms with van der Waals surface area (Å²) in [5.74, 6) is 0.393. The van der Waals surface area contributed by atoms with Crippen LogP contribution in [-0.4, -0.2) is 15.3 Å². The molecule has 1 unspecified atom stereocenters. The zero-order valence-corrected chi connectivity index (χ0v) is 9.88. The molecule has 0 heterocycles. The van der Waals surface area contributed by atoms with Gasteiger partial charge in [0.1, 0.15) is 17.3 Å². The number of phenols is 2. The van der Waals surface area contributed by atoms with Gasteiger partial charge in [-0.1, -0.05) is 26.0 Å². The van der Waals surface area contributed by atoms with Crippen molar-refractivity contribution in [3.05, 3.63) is 47.7 Å². The average Bonchev–Trinajstić information content (AvgIpc) is 2.64. The first kappa shape index (κ1) is 11.6. The van der Waals surface area contributed by atoms with E-state index in [-0.39, 0.29) is 28.6 Å². The highest BCUT2D eigenvalue weighted by Gasteiger charge is 2.32. The monoisotopic (exact) mass is 232 g/mol. The molecule has 0 saturated heterocycles. The zero-order valence-electron chi connectivity index (χ0n) is 9.88. The summed E-state index contributed by atoms with van der Waals surface area (Å²) in [6.45, 7) is 3.98. The van der Waals surface area contributed by atoms with Crippen LogP contribution >= 0.6 is 0 Å². The summed E-state index contributed by atoms with van der Waals surface area (Å²) in [4.78, 5) is 0. The lowest BCUT2D eigenvalue weighted by atomic mass is 9.73. The highest BCUT2D eigenvalue weighted by atomic mass is 16.3. The van der Waals surface area contributed by atoms with E-state index in [2.05, 4.69) is 0 Å². The van der Waals surface area contributed by atoms with Gasteiger partial charge in [0, 0.05) is 23.0 Å². The maximum atomic E-state index is 9.89. The fourth-order valence-corrected chi connectivity index (χ4v) is 2.19. The van der Waals surface area contributed by atoms with E-state index in [9.17, 15) is 15.3 Å². The maximum Gasteiger partial charge on any atom is 0.123 e. The Morgan fingerprint density at radius 1 is 1.12 bits per heavy atom. The van der Waals surface area contributed by atoms with Crippen molar-refractivity contribution in [1.29, 1.82) is 0 Å². The Kier molecular flexibility index (Phi) is 2.62. The second-order valence-corrected chi connectivity index (χ2v) is 4.90. The van der Waals surface area contributed by atoms with E-state index >= 15 is 0 Å². The molecule has 90 valence electrons. The van der Waals surface area contributed by atoms with Crippen LogP contribution in [0, 0.1) is 5.92 Å². The molecule has 1 aromatic carbocycles. The molecule has 0 aliphatic heterocycles. The molecule has 0 aromatic heterocycles. The van der Waals surface area contributed by atoms with Gasteiger partial charge in [-0.25, -0.2) is 0 Å². The minimum Gasteiger partial charge on any atom is -0.508 e. The second-order valence-electron chi connectivity index (χ2n) is 4.90. The van der Waals surface area contributed by atoms with Crippen molar-refractivity contribution in [2.75, 3.05) is 0 Å². The topological polar surface area (TPSA) is 60.7 Å². The van der Waals surface area contributed by atoms with Crippen molar-refractivity contribution in [3.8, 4) is 11.5 Å². The molecule has 1 atom stereocenters. The van der Waals surface area contributed by atoms with Gasteiger partial charge in [0.25, 0.3) is 0 Å². The van der Waals surface area contributed by atoms with E-state index < -0.39 is 0 Å². The summed E-state index contributed by atoms with van der Waals surface area (Å²) in [5, 5.41) is 28.6. The van der Waals surface area contributed by atoms with Crippen LogP contribution in [0.4, 0.5) is 0 Å². The summed E-state index contributed by atoms with van der Waals surface area (Å²) < 4.78 is 0. The van der Waals surface area contributed by atoms with Crippen molar-refractivity contribution in [3.63, 3.8) is 0 Å². The zero-order chi connectivity index (χ0) is 12.6. The Labute approximate surface area is 100 Å². The molecular formula is C14H16O3. The lowest BCUT2D eigenvalue weighted by molar-refractivity contribution is 0.389. The van der Waals surface area contributed by atoms with Gasteiger partial charge in [-0.2, -0.15) is 0 Å². The predicted molar refractivity (Wildman–Crippen MR) is 66.1 cm³/mol. The third-order valence-corrected chi connectivity index (χ3v) is 3.33. The van der Waals surface area contributed by atoms with E-state index in [1.165, 1.54) is 6.07 Å². The van der Waals surface area contributed by atoms with Crippen molar-refractivity contribution in [2.24, 2.45) is 5.92 Å². The van der Waals surface area contributed by atoms with Gasteiger partial charge in [-0.15, -0.1) is 0 Å². The predicted octanol–water partition coefficient (Wildman–Crippen LogP) is 3.00. The van der Waals surface area contributed by atoms with Crippen LogP contribution in [0.25, 0.3) is 0 Å². The Morgan fingerprint density at radius 2 is 1.82 bits per heavy atom. The molecular weight excluding hydrogens is 216 g/mol. The van der Waals surface area contributed by atoms with Gasteiger partial charge in [-0.3, -0.25) is 0 Å². The van der Waals surface area contributed by atoms with Crippen LogP contribution in [0.1, 0.15) is 19.4 Å². The number of allylic oxidation sites excluding steroid dienone is 3. The summed E-state index contributed by atoms with van der Waals surface area (Å²) in [6, 6.07) is 4.60. The van der Waals surface area contributed by atoms with Gasteiger partial charge in [0.15, 0.2) is 0 Å². The van der Waals surface area contributed by atoms with Gasteiger partial charge in [0.05, 0.1) is 0 Å². The first-order chi connectivity index (χ1) is 7.91. The standard InChI is InChI=1S/C14H16O3/c1-14(2,9-3-4-10(15)7-9)12-6-5-11(16)8-13(12)17/h3-9,15-17H,1-2H3. The van der Waals surface area contributed by atoms with Crippen LogP contribution in [0.15, 0.2) is 42.2 Å². The molecule has 17 heavy (non-hydrogen) atoms. The molecule has 0 fully saturated rings. The molecule has 0 bridgehead atoms. The fraction of sp³-hybridized carbons (Fsp3) is 0.286. The lowest BCUT2D eigenvalue weighted by Gasteiger charge is -2.30. The molecule has 2 rings (SSSR count). The highest BCUT2D eigenvalue weighted by molar-refractivity contribution is 5.45. The van der Waals surface area contributed by atoms with Gasteiger partial charge < -0.3 is 15.3 Å². The molecule has 1 aliphatic carbocycles. The maximum absolute atomic E-state index is 9.89. The molecule has 0 radical (unpaired) electrons. The Bertz CT molecular complexity index is 498. The van der Waals surface area contributed by atoms with Crippen LogP contribution < -0.4 is 0 Å². The number of aliphatic hydroxyl groups excluding tert-OH is 1. The quantitative estimate of drug-likeness (QED) is 0.734. The van der Waals surface area contributed by atoms with Crippen molar-refractivity contribution in [1.82, 2.24) is 0 Å². The van der Waals surface area contributed by atoms with Gasteiger partial charge >= 0.3 is 0 Å². The molecule has 1 aliphatic rings. The molecule has 3 heteroatoms. The first-order valence-electron chi connectivity index (χ1n) is 5.52. The Morgan fingerprint density at radius 3 is 2.35 bits per heavy atom. The van der Waals surface area contributed by atoms with Crippen LogP contribution in [0.3, 0.4) is 0 Å². The largest absolute Gasteiger partial charge is 0.508 e. The normalized spacial score (nSPS) is 19.4. The molecule has 0 spiro atoms. The number of hydrogen-bond donors (Lipinski definition) is 3. The Hall–Kier alpha value is -1.90. The van der Waals surface area contributed by atoms with Crippen molar-refractivity contribution < 1.29 is 15.3 Å². The number of hydrogen-bond acceptors (Lipinski definition) is 3. The summed E-state index contributed by atoms with van der Waals surface area (Å²) in [5.41, 5.74) is 0.398. The third-order valence-electron chi connectivity index (χ3n) is 3.33. The second kappa shape index (κ2) is 3.84. The van der Waals surface area contributed by atoms with Crippen LogP contribution in [0.5, 0.6) is 11.5 Å². The number of rotatable bonds is 2. The Balaban J connectivity index is 2.41. The minimum absolute atomic E-state index is 0.0259. The highest BCUT2D eigenvalue weighted by Crippen LogP contribution is 2.41. The van der Waals surface area contributed by atoms with Crippen LogP contribution in [0.2, 0.25) is 0 Å². The SMILES string of the molecule is CC(C)(c1ccc(O)cc1O)C1C=CC(O)=C1. The molecule has 1 aromatic rings. The lowest BCUT2D eigenvalue weighted by Crippen LogP contribution is -2.25.